The molecule has 1 aliphatic heterocycles. The van der Waals surface area contributed by atoms with E-state index in [-0.39, 0.29) is 41.7 Å². The van der Waals surface area contributed by atoms with E-state index in [4.69, 9.17) is 14.0 Å². The van der Waals surface area contributed by atoms with Crippen molar-refractivity contribution in [2.45, 2.75) is 6.18 Å². The van der Waals surface area contributed by atoms with Crippen molar-refractivity contribution in [1.29, 1.82) is 0 Å². The Morgan fingerprint density at radius 3 is 2.40 bits per heavy atom. The molecule has 0 bridgehead atoms. The molecule has 5 aromatic rings. The molecule has 4 heterocycles. The summed E-state index contributed by atoms with van der Waals surface area (Å²) in [5.41, 5.74) is 1.14. The molecular weight excluding hydrogens is 595 g/mol. The minimum atomic E-state index is -4.44. The Hall–Kier alpha value is -5.31. The molecule has 3 aromatic heterocycles. The molecule has 0 atom stereocenters. The maximum Gasteiger partial charge on any atom is 0.416 e. The van der Waals surface area contributed by atoms with Crippen LogP contribution in [0.5, 0.6) is 11.6 Å². The summed E-state index contributed by atoms with van der Waals surface area (Å²) in [6, 6.07) is 11.6. The maximum atomic E-state index is 13.3. The van der Waals surface area contributed by atoms with Gasteiger partial charge in [-0.3, -0.25) is 14.5 Å². The van der Waals surface area contributed by atoms with Gasteiger partial charge in [0.15, 0.2) is 0 Å². The highest BCUT2D eigenvalue weighted by atomic mass is 19.4. The number of carbonyl (C=O) groups is 2. The molecule has 1 aliphatic rings. The van der Waals surface area contributed by atoms with E-state index in [0.29, 0.717) is 43.2 Å². The molecule has 6 rings (SSSR count). The number of nitrogens with zero attached hydrogens (tertiary/aromatic N) is 7. The number of ether oxygens (including phenoxy) is 2. The van der Waals surface area contributed by atoms with Crippen molar-refractivity contribution in [3.63, 3.8) is 0 Å². The smallest absolute Gasteiger partial charge is 0.416 e. The van der Waals surface area contributed by atoms with Gasteiger partial charge in [-0.05, 0) is 30.3 Å². The minimum Gasteiger partial charge on any atom is -0.468 e. The molecule has 0 spiro atoms. The lowest BCUT2D eigenvalue weighted by Gasteiger charge is -2.34. The fourth-order valence-electron chi connectivity index (χ4n) is 4.95. The number of carbonyl (C=O) groups excluding carboxylic acids is 2. The van der Waals surface area contributed by atoms with Crippen LogP contribution in [0.1, 0.15) is 16.1 Å². The maximum absolute atomic E-state index is 13.3. The van der Waals surface area contributed by atoms with E-state index in [0.717, 1.165) is 23.0 Å². The summed E-state index contributed by atoms with van der Waals surface area (Å²) in [4.78, 5) is 41.3. The molecule has 0 N–H and O–H groups in total. The lowest BCUT2D eigenvalue weighted by atomic mass is 10.1. The summed E-state index contributed by atoms with van der Waals surface area (Å²) in [6.45, 7) is 2.36. The molecule has 1 amide bonds. The number of amides is 1. The number of benzene rings is 2. The van der Waals surface area contributed by atoms with Crippen molar-refractivity contribution >= 4 is 22.8 Å². The van der Waals surface area contributed by atoms with E-state index in [1.807, 2.05) is 28.6 Å². The van der Waals surface area contributed by atoms with Gasteiger partial charge in [0, 0.05) is 50.2 Å². The molecule has 12 nitrogen and oxygen atoms in total. The average Bonchev–Trinajstić information content (AvgIpc) is 3.66. The van der Waals surface area contributed by atoms with Crippen LogP contribution in [0.15, 0.2) is 65.4 Å². The summed E-state index contributed by atoms with van der Waals surface area (Å²) < 4.78 is 56.2. The van der Waals surface area contributed by atoms with E-state index in [1.165, 1.54) is 31.6 Å². The topological polar surface area (TPSA) is 129 Å². The van der Waals surface area contributed by atoms with Crippen molar-refractivity contribution in [3.05, 3.63) is 72.2 Å². The van der Waals surface area contributed by atoms with E-state index in [2.05, 4.69) is 20.1 Å². The second-order valence-electron chi connectivity index (χ2n) is 10.3. The first kappa shape index (κ1) is 29.7. The van der Waals surface area contributed by atoms with Gasteiger partial charge in [-0.2, -0.15) is 18.2 Å². The number of fused-ring (bicyclic) bond motifs is 1. The summed E-state index contributed by atoms with van der Waals surface area (Å²) in [7, 11) is 3.17. The average molecular weight is 622 g/mol. The fourth-order valence-corrected chi connectivity index (χ4v) is 4.95. The minimum absolute atomic E-state index is 0.0382. The van der Waals surface area contributed by atoms with Crippen molar-refractivity contribution in [2.24, 2.45) is 7.05 Å². The number of alkyl halides is 3. The molecule has 1 fully saturated rings. The zero-order valence-corrected chi connectivity index (χ0v) is 24.1. The Bertz CT molecular complexity index is 1840. The highest BCUT2D eigenvalue weighted by Gasteiger charge is 2.30. The molecule has 15 heteroatoms. The van der Waals surface area contributed by atoms with Crippen LogP contribution in [0.4, 0.5) is 13.2 Å². The number of esters is 1. The molecule has 2 aromatic carbocycles. The highest BCUT2D eigenvalue weighted by Crippen LogP contribution is 2.31. The lowest BCUT2D eigenvalue weighted by molar-refractivity contribution is -0.142. The third-order valence-corrected chi connectivity index (χ3v) is 7.44. The van der Waals surface area contributed by atoms with Gasteiger partial charge in [-0.1, -0.05) is 17.3 Å². The molecule has 0 saturated carbocycles. The summed E-state index contributed by atoms with van der Waals surface area (Å²) >= 11 is 0. The molecule has 0 radical (unpaired) electrons. The number of halogens is 3. The molecule has 232 valence electrons. The molecular formula is C30H26F3N7O5. The van der Waals surface area contributed by atoms with E-state index < -0.39 is 11.7 Å². The number of rotatable bonds is 7. The van der Waals surface area contributed by atoms with Gasteiger partial charge in [-0.25, -0.2) is 9.97 Å². The monoisotopic (exact) mass is 621 g/mol. The molecule has 1 saturated heterocycles. The molecule has 45 heavy (non-hydrogen) atoms. The number of hydrogen-bond acceptors (Lipinski definition) is 10. The Kier molecular flexibility index (Phi) is 7.93. The van der Waals surface area contributed by atoms with Gasteiger partial charge in [0.05, 0.1) is 37.1 Å². The summed E-state index contributed by atoms with van der Waals surface area (Å²) in [5, 5.41) is 4.69. The largest absolute Gasteiger partial charge is 0.468 e. The predicted molar refractivity (Wildman–Crippen MR) is 153 cm³/mol. The third-order valence-electron chi connectivity index (χ3n) is 7.44. The number of hydrogen-bond donors (Lipinski definition) is 0. The van der Waals surface area contributed by atoms with E-state index >= 15 is 0 Å². The van der Waals surface area contributed by atoms with Crippen molar-refractivity contribution in [2.75, 3.05) is 39.8 Å². The first-order chi connectivity index (χ1) is 21.6. The zero-order chi connectivity index (χ0) is 31.7. The van der Waals surface area contributed by atoms with Gasteiger partial charge in [-0.15, -0.1) is 0 Å². The first-order valence-corrected chi connectivity index (χ1v) is 13.8. The first-order valence-electron chi connectivity index (χ1n) is 13.8. The number of aryl methyl sites for hydroxylation is 1. The Morgan fingerprint density at radius 1 is 0.978 bits per heavy atom. The Morgan fingerprint density at radius 2 is 1.73 bits per heavy atom. The normalized spacial score (nSPS) is 14.1. The summed E-state index contributed by atoms with van der Waals surface area (Å²) in [5.74, 6) is 0.410. The molecule has 0 unspecified atom stereocenters. The van der Waals surface area contributed by atoms with Crippen LogP contribution in [0, 0.1) is 0 Å². The second-order valence-corrected chi connectivity index (χ2v) is 10.3. The van der Waals surface area contributed by atoms with Crippen LogP contribution in [-0.2, 0) is 22.8 Å². The lowest BCUT2D eigenvalue weighted by Crippen LogP contribution is -2.50. The van der Waals surface area contributed by atoms with Crippen LogP contribution < -0.4 is 4.74 Å². The van der Waals surface area contributed by atoms with Gasteiger partial charge in [0.25, 0.3) is 11.8 Å². The second kappa shape index (κ2) is 12.0. The van der Waals surface area contributed by atoms with E-state index in [1.54, 1.807) is 17.0 Å². The number of piperazine rings is 1. The van der Waals surface area contributed by atoms with Crippen LogP contribution in [0.3, 0.4) is 0 Å². The van der Waals surface area contributed by atoms with Gasteiger partial charge in [0.1, 0.15) is 17.1 Å². The quantitative estimate of drug-likeness (QED) is 0.241. The standard InChI is InChI=1S/C30H26F3N7O5/c1-38-23-14-21(8-5-19(23)13-24(38)29(42)40-11-9-39(10-12-40)17-26(41)43-2)44-25-16-34-22(15-35-25)28-36-27(37-45-28)18-3-6-20(7-4-18)30(31,32)33/h3-8,13-16H,9-12,17H2,1-2H3. The van der Waals surface area contributed by atoms with Crippen LogP contribution in [-0.4, -0.2) is 86.2 Å². The van der Waals surface area contributed by atoms with Gasteiger partial charge < -0.3 is 23.5 Å². The number of aromatic nitrogens is 5. The molecule has 0 aliphatic carbocycles. The van der Waals surface area contributed by atoms with Crippen LogP contribution in [0.25, 0.3) is 33.9 Å². The number of methoxy groups -OCH3 is 1. The predicted octanol–water partition coefficient (Wildman–Crippen LogP) is 4.43. The summed E-state index contributed by atoms with van der Waals surface area (Å²) in [6.07, 6.45) is -1.69. The third kappa shape index (κ3) is 6.33. The van der Waals surface area contributed by atoms with Crippen molar-refractivity contribution < 1.29 is 36.8 Å². The van der Waals surface area contributed by atoms with Crippen LogP contribution >= 0.6 is 0 Å². The SMILES string of the molecule is COC(=O)CN1CCN(C(=O)c2cc3ccc(Oc4cnc(-c5nc(-c6ccc(C(F)(F)F)cc6)no5)cn4)cc3n2C)CC1. The highest BCUT2D eigenvalue weighted by molar-refractivity contribution is 5.99. The fraction of sp³-hybridized carbons (Fsp3) is 0.267. The van der Waals surface area contributed by atoms with Gasteiger partial charge >= 0.3 is 12.1 Å². The Labute approximate surface area is 254 Å². The Balaban J connectivity index is 1.11. The van der Waals surface area contributed by atoms with E-state index in [9.17, 15) is 22.8 Å². The van der Waals surface area contributed by atoms with Crippen molar-refractivity contribution in [1.82, 2.24) is 34.5 Å². The zero-order valence-electron chi connectivity index (χ0n) is 24.1. The van der Waals surface area contributed by atoms with Crippen LogP contribution in [0.2, 0.25) is 0 Å². The van der Waals surface area contributed by atoms with Gasteiger partial charge in [0.2, 0.25) is 11.7 Å². The van der Waals surface area contributed by atoms with Crippen molar-refractivity contribution in [3.8, 4) is 34.6 Å².